The Balaban J connectivity index is 2.25. The Kier molecular flexibility index (Phi) is 3.28. The second kappa shape index (κ2) is 4.56. The molecular formula is C12H14F3NO. The van der Waals surface area contributed by atoms with Crippen LogP contribution in [0.2, 0.25) is 0 Å². The van der Waals surface area contributed by atoms with E-state index in [9.17, 15) is 13.2 Å². The van der Waals surface area contributed by atoms with Gasteiger partial charge in [0.05, 0.1) is 0 Å². The molecule has 0 bridgehead atoms. The van der Waals surface area contributed by atoms with Crippen LogP contribution in [0, 0.1) is 0 Å². The van der Waals surface area contributed by atoms with Crippen molar-refractivity contribution in [2.45, 2.75) is 31.7 Å². The highest BCUT2D eigenvalue weighted by atomic mass is 19.4. The first-order chi connectivity index (χ1) is 7.99. The van der Waals surface area contributed by atoms with Crippen molar-refractivity contribution in [1.29, 1.82) is 0 Å². The molecule has 1 saturated carbocycles. The SMILES string of the molecule is CNCc1ccc(OC(F)(F)F)c(C2CC2)c1. The van der Waals surface area contributed by atoms with E-state index in [0.717, 1.165) is 18.4 Å². The molecule has 0 saturated heterocycles. The summed E-state index contributed by atoms with van der Waals surface area (Å²) in [6.45, 7) is 0.645. The molecule has 2 rings (SSSR count). The van der Waals surface area contributed by atoms with Crippen LogP contribution >= 0.6 is 0 Å². The molecule has 5 heteroatoms. The summed E-state index contributed by atoms with van der Waals surface area (Å²) >= 11 is 0. The lowest BCUT2D eigenvalue weighted by Crippen LogP contribution is -2.18. The largest absolute Gasteiger partial charge is 0.573 e. The van der Waals surface area contributed by atoms with Crippen LogP contribution in [0.3, 0.4) is 0 Å². The van der Waals surface area contributed by atoms with Crippen molar-refractivity contribution < 1.29 is 17.9 Å². The van der Waals surface area contributed by atoms with Gasteiger partial charge < -0.3 is 10.1 Å². The molecule has 0 radical (unpaired) electrons. The van der Waals surface area contributed by atoms with Crippen molar-refractivity contribution in [3.05, 3.63) is 29.3 Å². The highest BCUT2D eigenvalue weighted by Crippen LogP contribution is 2.45. The Bertz CT molecular complexity index is 399. The van der Waals surface area contributed by atoms with E-state index in [2.05, 4.69) is 10.1 Å². The highest BCUT2D eigenvalue weighted by molar-refractivity contribution is 5.42. The Morgan fingerprint density at radius 1 is 1.35 bits per heavy atom. The molecule has 0 heterocycles. The predicted octanol–water partition coefficient (Wildman–Crippen LogP) is 3.18. The van der Waals surface area contributed by atoms with Gasteiger partial charge in [0, 0.05) is 6.54 Å². The fourth-order valence-corrected chi connectivity index (χ4v) is 1.84. The van der Waals surface area contributed by atoms with Gasteiger partial charge in [-0.05, 0) is 43.0 Å². The number of hydrogen-bond donors (Lipinski definition) is 1. The molecular weight excluding hydrogens is 231 g/mol. The third kappa shape index (κ3) is 3.36. The minimum absolute atomic E-state index is 0.0557. The number of hydrogen-bond acceptors (Lipinski definition) is 2. The first-order valence-corrected chi connectivity index (χ1v) is 5.53. The monoisotopic (exact) mass is 245 g/mol. The maximum absolute atomic E-state index is 12.2. The van der Waals surface area contributed by atoms with Gasteiger partial charge in [0.15, 0.2) is 0 Å². The molecule has 1 aliphatic carbocycles. The Hall–Kier alpha value is -1.23. The fourth-order valence-electron chi connectivity index (χ4n) is 1.84. The van der Waals surface area contributed by atoms with E-state index in [-0.39, 0.29) is 11.7 Å². The van der Waals surface area contributed by atoms with E-state index < -0.39 is 6.36 Å². The molecule has 0 amide bonds. The van der Waals surface area contributed by atoms with Crippen molar-refractivity contribution in [1.82, 2.24) is 5.32 Å². The van der Waals surface area contributed by atoms with Crippen LogP contribution < -0.4 is 10.1 Å². The molecule has 1 N–H and O–H groups in total. The molecule has 2 nitrogen and oxygen atoms in total. The predicted molar refractivity (Wildman–Crippen MR) is 57.9 cm³/mol. The summed E-state index contributed by atoms with van der Waals surface area (Å²) in [5.74, 6) is 0.170. The van der Waals surface area contributed by atoms with Gasteiger partial charge in [-0.2, -0.15) is 0 Å². The molecule has 0 aromatic heterocycles. The first-order valence-electron chi connectivity index (χ1n) is 5.53. The third-order valence-corrected chi connectivity index (χ3v) is 2.70. The maximum atomic E-state index is 12.2. The highest BCUT2D eigenvalue weighted by Gasteiger charge is 2.35. The van der Waals surface area contributed by atoms with Crippen molar-refractivity contribution in [3.63, 3.8) is 0 Å². The first kappa shape index (κ1) is 12.2. The lowest BCUT2D eigenvalue weighted by molar-refractivity contribution is -0.274. The van der Waals surface area contributed by atoms with Crippen LogP contribution in [0.25, 0.3) is 0 Å². The normalized spacial score (nSPS) is 16.0. The van der Waals surface area contributed by atoms with E-state index in [1.54, 1.807) is 19.2 Å². The van der Waals surface area contributed by atoms with Crippen LogP contribution in [0.4, 0.5) is 13.2 Å². The van der Waals surface area contributed by atoms with Crippen LogP contribution in [-0.4, -0.2) is 13.4 Å². The summed E-state index contributed by atoms with van der Waals surface area (Å²) in [6, 6.07) is 4.87. The summed E-state index contributed by atoms with van der Waals surface area (Å²) in [7, 11) is 1.80. The van der Waals surface area contributed by atoms with Crippen molar-refractivity contribution in [2.75, 3.05) is 7.05 Å². The Morgan fingerprint density at radius 2 is 2.06 bits per heavy atom. The van der Waals surface area contributed by atoms with Crippen LogP contribution in [0.5, 0.6) is 5.75 Å². The summed E-state index contributed by atoms with van der Waals surface area (Å²) in [6.07, 6.45) is -2.73. The average molecular weight is 245 g/mol. The molecule has 0 aliphatic heterocycles. The summed E-state index contributed by atoms with van der Waals surface area (Å²) in [5.41, 5.74) is 1.65. The maximum Gasteiger partial charge on any atom is 0.573 e. The smallest absolute Gasteiger partial charge is 0.405 e. The van der Waals surface area contributed by atoms with E-state index >= 15 is 0 Å². The lowest BCUT2D eigenvalue weighted by atomic mass is 10.1. The number of nitrogens with one attached hydrogen (secondary N) is 1. The van der Waals surface area contributed by atoms with Gasteiger partial charge in [-0.3, -0.25) is 0 Å². The number of benzene rings is 1. The number of ether oxygens (including phenoxy) is 1. The molecule has 1 aliphatic rings. The molecule has 0 spiro atoms. The number of halogens is 3. The topological polar surface area (TPSA) is 21.3 Å². The lowest BCUT2D eigenvalue weighted by Gasteiger charge is -2.14. The Labute approximate surface area is 97.8 Å². The van der Waals surface area contributed by atoms with Crippen LogP contribution in [-0.2, 0) is 6.54 Å². The fraction of sp³-hybridized carbons (Fsp3) is 0.500. The molecule has 0 unspecified atom stereocenters. The van der Waals surface area contributed by atoms with Crippen molar-refractivity contribution >= 4 is 0 Å². The molecule has 1 fully saturated rings. The zero-order valence-electron chi connectivity index (χ0n) is 9.47. The minimum Gasteiger partial charge on any atom is -0.405 e. The molecule has 1 aromatic carbocycles. The van der Waals surface area contributed by atoms with Gasteiger partial charge in [-0.1, -0.05) is 12.1 Å². The van der Waals surface area contributed by atoms with Crippen molar-refractivity contribution in [3.8, 4) is 5.75 Å². The quantitative estimate of drug-likeness (QED) is 0.879. The summed E-state index contributed by atoms with van der Waals surface area (Å²) in [4.78, 5) is 0. The third-order valence-electron chi connectivity index (χ3n) is 2.70. The van der Waals surface area contributed by atoms with E-state index in [0.29, 0.717) is 12.1 Å². The standard InChI is InChI=1S/C12H14F3NO/c1-16-7-8-2-5-11(17-12(13,14)15)10(6-8)9-3-4-9/h2,5-6,9,16H,3-4,7H2,1H3. The van der Waals surface area contributed by atoms with Gasteiger partial charge in [0.25, 0.3) is 0 Å². The summed E-state index contributed by atoms with van der Waals surface area (Å²) in [5, 5.41) is 2.98. The van der Waals surface area contributed by atoms with Gasteiger partial charge in [0.1, 0.15) is 5.75 Å². The van der Waals surface area contributed by atoms with Gasteiger partial charge in [-0.25, -0.2) is 0 Å². The molecule has 17 heavy (non-hydrogen) atoms. The molecule has 94 valence electrons. The van der Waals surface area contributed by atoms with E-state index in [1.807, 2.05) is 0 Å². The van der Waals surface area contributed by atoms with Crippen LogP contribution in [0.1, 0.15) is 29.9 Å². The van der Waals surface area contributed by atoms with E-state index in [4.69, 9.17) is 0 Å². The van der Waals surface area contributed by atoms with E-state index in [1.165, 1.54) is 6.07 Å². The zero-order chi connectivity index (χ0) is 12.5. The van der Waals surface area contributed by atoms with Crippen LogP contribution in [0.15, 0.2) is 18.2 Å². The van der Waals surface area contributed by atoms with Gasteiger partial charge >= 0.3 is 6.36 Å². The molecule has 1 aromatic rings. The summed E-state index contributed by atoms with van der Waals surface area (Å²) < 4.78 is 40.7. The minimum atomic E-state index is -4.62. The second-order valence-corrected chi connectivity index (χ2v) is 4.22. The number of alkyl halides is 3. The number of rotatable bonds is 4. The zero-order valence-corrected chi connectivity index (χ0v) is 9.47. The Morgan fingerprint density at radius 3 is 2.59 bits per heavy atom. The molecule has 0 atom stereocenters. The second-order valence-electron chi connectivity index (χ2n) is 4.22. The average Bonchev–Trinajstić information content (AvgIpc) is 3.02. The van der Waals surface area contributed by atoms with Gasteiger partial charge in [0.2, 0.25) is 0 Å². The van der Waals surface area contributed by atoms with Crippen molar-refractivity contribution in [2.24, 2.45) is 0 Å². The van der Waals surface area contributed by atoms with Gasteiger partial charge in [-0.15, -0.1) is 13.2 Å².